The van der Waals surface area contributed by atoms with E-state index in [-0.39, 0.29) is 11.8 Å². The quantitative estimate of drug-likeness (QED) is 0.473. The molecule has 1 amide bonds. The van der Waals surface area contributed by atoms with Gasteiger partial charge in [0.2, 0.25) is 5.91 Å². The minimum absolute atomic E-state index is 0.126. The Morgan fingerprint density at radius 2 is 1.50 bits per heavy atom. The molecular formula is C26H24N6O2. The topological polar surface area (TPSA) is 75.9 Å². The lowest BCUT2D eigenvalue weighted by Crippen LogP contribution is -2.50. The fraction of sp³-hybridized carbons (Fsp3) is 0.308. The van der Waals surface area contributed by atoms with E-state index in [9.17, 15) is 4.79 Å². The van der Waals surface area contributed by atoms with Crippen LogP contribution in [0, 0.1) is 0 Å². The molecule has 1 saturated heterocycles. The molecule has 7 rings (SSSR count). The minimum atomic E-state index is -0.347. The molecule has 1 aliphatic carbocycles. The summed E-state index contributed by atoms with van der Waals surface area (Å²) in [4.78, 5) is 18.0. The third-order valence-corrected chi connectivity index (χ3v) is 7.06. The van der Waals surface area contributed by atoms with E-state index < -0.39 is 0 Å². The molecule has 3 aliphatic rings. The van der Waals surface area contributed by atoms with Gasteiger partial charge in [0.05, 0.1) is 5.92 Å². The average Bonchev–Trinajstić information content (AvgIpc) is 3.65. The van der Waals surface area contributed by atoms with E-state index in [0.717, 1.165) is 65.8 Å². The van der Waals surface area contributed by atoms with Crippen molar-refractivity contribution in [2.45, 2.75) is 24.7 Å². The highest BCUT2D eigenvalue weighted by Gasteiger charge is 2.36. The van der Waals surface area contributed by atoms with Gasteiger partial charge < -0.3 is 14.5 Å². The van der Waals surface area contributed by atoms with Gasteiger partial charge in [-0.1, -0.05) is 36.4 Å². The second-order valence-electron chi connectivity index (χ2n) is 9.22. The zero-order valence-corrected chi connectivity index (χ0v) is 18.7. The Hall–Kier alpha value is -3.94. The lowest BCUT2D eigenvalue weighted by molar-refractivity contribution is -0.132. The van der Waals surface area contributed by atoms with Crippen molar-refractivity contribution in [1.82, 2.24) is 24.7 Å². The van der Waals surface area contributed by atoms with E-state index in [1.54, 1.807) is 0 Å². The highest BCUT2D eigenvalue weighted by Crippen LogP contribution is 2.44. The van der Waals surface area contributed by atoms with Crippen LogP contribution >= 0.6 is 0 Å². The molecule has 1 saturated carbocycles. The molecule has 170 valence electrons. The van der Waals surface area contributed by atoms with Crippen molar-refractivity contribution in [3.63, 3.8) is 0 Å². The number of ether oxygens (including phenoxy) is 1. The Labute approximate surface area is 196 Å². The number of para-hydroxylation sites is 2. The summed E-state index contributed by atoms with van der Waals surface area (Å²) in [5.74, 6) is 3.65. The Morgan fingerprint density at radius 3 is 2.18 bits per heavy atom. The second-order valence-corrected chi connectivity index (χ2v) is 9.22. The van der Waals surface area contributed by atoms with Crippen LogP contribution in [0.25, 0.3) is 5.65 Å². The van der Waals surface area contributed by atoms with Crippen LogP contribution < -0.4 is 9.64 Å². The van der Waals surface area contributed by atoms with E-state index in [0.29, 0.717) is 19.0 Å². The molecule has 8 nitrogen and oxygen atoms in total. The first-order valence-electron chi connectivity index (χ1n) is 11.9. The molecular weight excluding hydrogens is 428 g/mol. The first-order chi connectivity index (χ1) is 16.8. The number of rotatable bonds is 3. The number of aromatic nitrogens is 4. The van der Waals surface area contributed by atoms with E-state index in [1.807, 2.05) is 70.1 Å². The first-order valence-corrected chi connectivity index (χ1v) is 11.9. The molecule has 0 bridgehead atoms. The maximum atomic E-state index is 13.8. The number of hydrogen-bond donors (Lipinski definition) is 0. The molecule has 0 N–H and O–H groups in total. The van der Waals surface area contributed by atoms with E-state index in [1.165, 1.54) is 0 Å². The first kappa shape index (κ1) is 19.5. The van der Waals surface area contributed by atoms with Crippen molar-refractivity contribution in [1.29, 1.82) is 0 Å². The van der Waals surface area contributed by atoms with Crippen molar-refractivity contribution < 1.29 is 9.53 Å². The number of fused-ring (bicyclic) bond motifs is 3. The lowest BCUT2D eigenvalue weighted by atomic mass is 9.86. The summed E-state index contributed by atoms with van der Waals surface area (Å²) in [6.07, 6.45) is 2.32. The molecule has 4 aromatic rings. The van der Waals surface area contributed by atoms with Gasteiger partial charge in [0.25, 0.3) is 0 Å². The SMILES string of the molecule is O=C(C1c2ccccc2Oc2ccccc21)N1CCN(c2ccc3nnc(C4CC4)n3n2)CC1. The Kier molecular flexibility index (Phi) is 4.33. The van der Waals surface area contributed by atoms with Crippen LogP contribution in [0.15, 0.2) is 60.7 Å². The molecule has 34 heavy (non-hydrogen) atoms. The molecule has 0 spiro atoms. The normalized spacial score (nSPS) is 17.9. The molecule has 2 aromatic carbocycles. The number of piperazine rings is 1. The molecule has 2 aliphatic heterocycles. The summed E-state index contributed by atoms with van der Waals surface area (Å²) in [5, 5.41) is 13.4. The van der Waals surface area contributed by atoms with Gasteiger partial charge in [0.1, 0.15) is 17.3 Å². The van der Waals surface area contributed by atoms with Crippen molar-refractivity contribution in [3.8, 4) is 11.5 Å². The lowest BCUT2D eigenvalue weighted by Gasteiger charge is -2.38. The van der Waals surface area contributed by atoms with Gasteiger partial charge in [-0.3, -0.25) is 4.79 Å². The Balaban J connectivity index is 1.13. The Bertz CT molecular complexity index is 1360. The maximum absolute atomic E-state index is 13.8. The van der Waals surface area contributed by atoms with Crippen LogP contribution in [0.5, 0.6) is 11.5 Å². The highest BCUT2D eigenvalue weighted by molar-refractivity contribution is 5.90. The van der Waals surface area contributed by atoms with E-state index in [4.69, 9.17) is 9.84 Å². The highest BCUT2D eigenvalue weighted by atomic mass is 16.5. The van der Waals surface area contributed by atoms with Gasteiger partial charge in [-0.2, -0.15) is 4.52 Å². The molecule has 0 unspecified atom stereocenters. The number of anilines is 1. The number of carbonyl (C=O) groups excluding carboxylic acids is 1. The van der Waals surface area contributed by atoms with Crippen LogP contribution in [0.2, 0.25) is 0 Å². The molecule has 0 radical (unpaired) electrons. The summed E-state index contributed by atoms with van der Waals surface area (Å²) in [5.41, 5.74) is 2.65. The van der Waals surface area contributed by atoms with Gasteiger partial charge in [-0.15, -0.1) is 15.3 Å². The average molecular weight is 453 g/mol. The summed E-state index contributed by atoms with van der Waals surface area (Å²) in [7, 11) is 0. The third kappa shape index (κ3) is 3.13. The van der Waals surface area contributed by atoms with E-state index >= 15 is 0 Å². The van der Waals surface area contributed by atoms with Crippen LogP contribution in [-0.4, -0.2) is 56.8 Å². The molecule has 8 heteroatoms. The van der Waals surface area contributed by atoms with Crippen molar-refractivity contribution >= 4 is 17.4 Å². The molecule has 0 atom stereocenters. The fourth-order valence-electron chi connectivity index (χ4n) is 5.08. The zero-order valence-electron chi connectivity index (χ0n) is 18.7. The molecule has 2 fully saturated rings. The van der Waals surface area contributed by atoms with Crippen LogP contribution in [-0.2, 0) is 4.79 Å². The van der Waals surface area contributed by atoms with Gasteiger partial charge >= 0.3 is 0 Å². The number of nitrogens with zero attached hydrogens (tertiary/aromatic N) is 6. The Morgan fingerprint density at radius 1 is 0.824 bits per heavy atom. The summed E-state index contributed by atoms with van der Waals surface area (Å²) in [6.45, 7) is 2.77. The molecule has 4 heterocycles. The monoisotopic (exact) mass is 452 g/mol. The minimum Gasteiger partial charge on any atom is -0.457 e. The fourth-order valence-corrected chi connectivity index (χ4v) is 5.08. The van der Waals surface area contributed by atoms with Crippen molar-refractivity contribution in [2.75, 3.05) is 31.1 Å². The van der Waals surface area contributed by atoms with Crippen LogP contribution in [0.1, 0.15) is 41.6 Å². The predicted molar refractivity (Wildman–Crippen MR) is 126 cm³/mol. The van der Waals surface area contributed by atoms with E-state index in [2.05, 4.69) is 15.1 Å². The second kappa shape index (κ2) is 7.55. The summed E-state index contributed by atoms with van der Waals surface area (Å²) < 4.78 is 7.97. The smallest absolute Gasteiger partial charge is 0.234 e. The van der Waals surface area contributed by atoms with Crippen LogP contribution in [0.4, 0.5) is 5.82 Å². The van der Waals surface area contributed by atoms with Crippen molar-refractivity contribution in [2.24, 2.45) is 0 Å². The van der Waals surface area contributed by atoms with Gasteiger partial charge in [-0.05, 0) is 37.1 Å². The van der Waals surface area contributed by atoms with Gasteiger partial charge in [0, 0.05) is 43.2 Å². The van der Waals surface area contributed by atoms with Gasteiger partial charge in [0.15, 0.2) is 11.5 Å². The maximum Gasteiger partial charge on any atom is 0.234 e. The third-order valence-electron chi connectivity index (χ3n) is 7.06. The number of carbonyl (C=O) groups is 1. The predicted octanol–water partition coefficient (Wildman–Crippen LogP) is 3.59. The summed E-state index contributed by atoms with van der Waals surface area (Å²) >= 11 is 0. The van der Waals surface area contributed by atoms with Crippen LogP contribution in [0.3, 0.4) is 0 Å². The number of hydrogen-bond acceptors (Lipinski definition) is 6. The standard InChI is InChI=1S/C26H24N6O2/c33-26(24-18-5-1-3-7-20(18)34-21-8-4-2-6-19(21)24)31-15-13-30(14-16-31)23-12-11-22-27-28-25(17-9-10-17)32(22)29-23/h1-8,11-12,17,24H,9-10,13-16H2. The number of amides is 1. The largest absolute Gasteiger partial charge is 0.457 e. The van der Waals surface area contributed by atoms with Gasteiger partial charge in [-0.25, -0.2) is 0 Å². The molecule has 2 aromatic heterocycles. The zero-order chi connectivity index (χ0) is 22.6. The number of benzene rings is 2. The van der Waals surface area contributed by atoms with Crippen molar-refractivity contribution in [3.05, 3.63) is 77.6 Å². The summed E-state index contributed by atoms with van der Waals surface area (Å²) in [6, 6.07) is 19.7.